The van der Waals surface area contributed by atoms with Crippen molar-refractivity contribution in [2.75, 3.05) is 36.5 Å². The number of hydrogen-bond donors (Lipinski definition) is 3. The zero-order chi connectivity index (χ0) is 20.1. The van der Waals surface area contributed by atoms with Crippen LogP contribution in [-0.4, -0.2) is 44.0 Å². The lowest BCUT2D eigenvalue weighted by atomic mass is 9.95. The minimum absolute atomic E-state index is 0.123. The fourth-order valence-corrected chi connectivity index (χ4v) is 4.24. The van der Waals surface area contributed by atoms with Gasteiger partial charge in [0.05, 0.1) is 11.7 Å². The van der Waals surface area contributed by atoms with Crippen LogP contribution < -0.4 is 25.7 Å². The highest BCUT2D eigenvalue weighted by Gasteiger charge is 2.31. The maximum atomic E-state index is 12.0. The minimum atomic E-state index is -0.123. The summed E-state index contributed by atoms with van der Waals surface area (Å²) in [5.74, 6) is 1.36. The van der Waals surface area contributed by atoms with Crippen molar-refractivity contribution in [3.8, 4) is 16.9 Å². The number of amidine groups is 1. The van der Waals surface area contributed by atoms with Crippen molar-refractivity contribution in [1.82, 2.24) is 10.7 Å². The average molecular weight is 399 g/mol. The Hall–Kier alpha value is -3.58. The number of ether oxygens (including phenoxy) is 1. The van der Waals surface area contributed by atoms with Gasteiger partial charge in [0.15, 0.2) is 5.84 Å². The molecule has 3 aliphatic heterocycles. The van der Waals surface area contributed by atoms with Gasteiger partial charge in [0.25, 0.3) is 5.91 Å². The number of nitrogens with zero attached hydrogens (tertiary/aromatic N) is 2. The Morgan fingerprint density at radius 2 is 1.93 bits per heavy atom. The number of amides is 1. The van der Waals surface area contributed by atoms with Crippen LogP contribution in [0.4, 0.5) is 11.4 Å². The molecule has 3 aromatic carbocycles. The van der Waals surface area contributed by atoms with Gasteiger partial charge >= 0.3 is 0 Å². The normalized spacial score (nSPS) is 17.9. The zero-order valence-electron chi connectivity index (χ0n) is 16.3. The van der Waals surface area contributed by atoms with E-state index in [1.807, 2.05) is 4.90 Å². The van der Waals surface area contributed by atoms with Gasteiger partial charge in [0, 0.05) is 24.3 Å². The van der Waals surface area contributed by atoms with Crippen LogP contribution in [0, 0.1) is 0 Å². The molecule has 0 aromatic heterocycles. The van der Waals surface area contributed by atoms with Crippen LogP contribution in [0.15, 0.2) is 59.7 Å². The summed E-state index contributed by atoms with van der Waals surface area (Å²) in [5.41, 5.74) is 6.70. The number of benzene rings is 3. The van der Waals surface area contributed by atoms with Crippen LogP contribution >= 0.6 is 0 Å². The Labute approximate surface area is 173 Å². The lowest BCUT2D eigenvalue weighted by Gasteiger charge is -2.36. The molecule has 0 bridgehead atoms. The Bertz CT molecular complexity index is 1200. The predicted octanol–water partition coefficient (Wildman–Crippen LogP) is 2.53. The molecule has 3 heterocycles. The molecular formula is C23H21N5O2. The van der Waals surface area contributed by atoms with E-state index in [1.54, 1.807) is 0 Å². The largest absolute Gasteiger partial charge is 0.483 e. The molecule has 0 unspecified atom stereocenters. The van der Waals surface area contributed by atoms with E-state index < -0.39 is 0 Å². The standard InChI is InChI=1S/C23H21N5O2/c29-23-12-28-20-9-19(25-15-10-24-11-15)18(8-21(20)30-13-22(28)26-27-23)17-7-3-5-14-4-1-2-6-16(14)17/h1-9,15,24-25H,10-13H2,(H,27,29). The average Bonchev–Trinajstić information content (AvgIpc) is 2.75. The SMILES string of the molecule is O=C1CN2C(=NN1)COc1cc(-c3cccc4ccccc34)c(NC3CNC3)cc12. The summed E-state index contributed by atoms with van der Waals surface area (Å²) in [6.07, 6.45) is 0. The molecule has 1 saturated heterocycles. The summed E-state index contributed by atoms with van der Waals surface area (Å²) in [7, 11) is 0. The fourth-order valence-electron chi connectivity index (χ4n) is 4.24. The maximum absolute atomic E-state index is 12.0. The van der Waals surface area contributed by atoms with E-state index in [4.69, 9.17) is 4.74 Å². The summed E-state index contributed by atoms with van der Waals surface area (Å²) in [4.78, 5) is 13.9. The first kappa shape index (κ1) is 17.3. The van der Waals surface area contributed by atoms with Gasteiger partial charge in [-0.3, -0.25) is 4.79 Å². The first-order chi connectivity index (χ1) is 14.8. The molecule has 1 amide bonds. The molecule has 3 aromatic rings. The quantitative estimate of drug-likeness (QED) is 0.631. The van der Waals surface area contributed by atoms with Gasteiger partial charge in [-0.05, 0) is 28.5 Å². The molecule has 6 rings (SSSR count). The highest BCUT2D eigenvalue weighted by Crippen LogP contribution is 2.43. The van der Waals surface area contributed by atoms with E-state index in [0.717, 1.165) is 47.2 Å². The monoisotopic (exact) mass is 399 g/mol. The number of carbonyl (C=O) groups excluding carboxylic acids is 1. The summed E-state index contributed by atoms with van der Waals surface area (Å²) in [5, 5.41) is 13.6. The maximum Gasteiger partial charge on any atom is 0.260 e. The Balaban J connectivity index is 1.53. The highest BCUT2D eigenvalue weighted by atomic mass is 16.5. The molecule has 7 heteroatoms. The molecule has 3 N–H and O–H groups in total. The molecule has 3 aliphatic rings. The molecule has 150 valence electrons. The van der Waals surface area contributed by atoms with Crippen molar-refractivity contribution in [3.05, 3.63) is 54.6 Å². The van der Waals surface area contributed by atoms with Gasteiger partial charge in [-0.25, -0.2) is 5.43 Å². The minimum Gasteiger partial charge on any atom is -0.483 e. The summed E-state index contributed by atoms with van der Waals surface area (Å²) < 4.78 is 6.04. The van der Waals surface area contributed by atoms with Gasteiger partial charge in [-0.1, -0.05) is 42.5 Å². The Morgan fingerprint density at radius 3 is 2.80 bits per heavy atom. The van der Waals surface area contributed by atoms with Gasteiger partial charge in [-0.15, -0.1) is 0 Å². The topological polar surface area (TPSA) is 78.0 Å². The van der Waals surface area contributed by atoms with Crippen molar-refractivity contribution >= 4 is 33.9 Å². The second kappa shape index (κ2) is 6.74. The first-order valence-corrected chi connectivity index (χ1v) is 10.2. The number of hydrazone groups is 1. The third-order valence-corrected chi connectivity index (χ3v) is 5.89. The number of nitrogens with one attached hydrogen (secondary N) is 3. The summed E-state index contributed by atoms with van der Waals surface area (Å²) in [6, 6.07) is 19.3. The van der Waals surface area contributed by atoms with E-state index in [9.17, 15) is 4.79 Å². The molecule has 30 heavy (non-hydrogen) atoms. The molecule has 0 radical (unpaired) electrons. The van der Waals surface area contributed by atoms with Gasteiger partial charge in [0.1, 0.15) is 18.9 Å². The number of rotatable bonds is 3. The van der Waals surface area contributed by atoms with Crippen molar-refractivity contribution in [1.29, 1.82) is 0 Å². The summed E-state index contributed by atoms with van der Waals surface area (Å²) in [6.45, 7) is 2.44. The second-order valence-corrected chi connectivity index (χ2v) is 7.83. The number of carbonyl (C=O) groups is 1. The number of fused-ring (bicyclic) bond motifs is 4. The van der Waals surface area contributed by atoms with Gasteiger partial charge in [0.2, 0.25) is 0 Å². The van der Waals surface area contributed by atoms with Crippen LogP contribution in [0.2, 0.25) is 0 Å². The van der Waals surface area contributed by atoms with E-state index in [0.29, 0.717) is 12.6 Å². The van der Waals surface area contributed by atoms with Gasteiger partial charge < -0.3 is 20.3 Å². The molecule has 1 fully saturated rings. The Morgan fingerprint density at radius 1 is 1.07 bits per heavy atom. The molecule has 0 aliphatic carbocycles. The second-order valence-electron chi connectivity index (χ2n) is 7.83. The zero-order valence-corrected chi connectivity index (χ0v) is 16.3. The molecule has 7 nitrogen and oxygen atoms in total. The number of hydrogen-bond acceptors (Lipinski definition) is 6. The van der Waals surface area contributed by atoms with E-state index in [2.05, 4.69) is 75.8 Å². The molecule has 0 saturated carbocycles. The first-order valence-electron chi connectivity index (χ1n) is 10.2. The van der Waals surface area contributed by atoms with Crippen molar-refractivity contribution in [2.24, 2.45) is 5.10 Å². The smallest absolute Gasteiger partial charge is 0.260 e. The summed E-state index contributed by atoms with van der Waals surface area (Å²) >= 11 is 0. The Kier molecular flexibility index (Phi) is 3.89. The van der Waals surface area contributed by atoms with Crippen LogP contribution in [0.5, 0.6) is 5.75 Å². The van der Waals surface area contributed by atoms with Crippen LogP contribution in [0.25, 0.3) is 21.9 Å². The van der Waals surface area contributed by atoms with E-state index >= 15 is 0 Å². The third kappa shape index (κ3) is 2.78. The van der Waals surface area contributed by atoms with Gasteiger partial charge in [-0.2, -0.15) is 5.10 Å². The van der Waals surface area contributed by atoms with Crippen molar-refractivity contribution in [3.63, 3.8) is 0 Å². The van der Waals surface area contributed by atoms with E-state index in [-0.39, 0.29) is 12.5 Å². The lowest BCUT2D eigenvalue weighted by molar-refractivity contribution is -0.119. The van der Waals surface area contributed by atoms with Crippen molar-refractivity contribution < 1.29 is 9.53 Å². The van der Waals surface area contributed by atoms with Crippen LogP contribution in [0.1, 0.15) is 0 Å². The van der Waals surface area contributed by atoms with E-state index in [1.165, 1.54) is 10.8 Å². The van der Waals surface area contributed by atoms with Crippen molar-refractivity contribution in [2.45, 2.75) is 6.04 Å². The van der Waals surface area contributed by atoms with Crippen LogP contribution in [-0.2, 0) is 4.79 Å². The fraction of sp³-hybridized carbons (Fsp3) is 0.217. The predicted molar refractivity (Wildman–Crippen MR) is 118 cm³/mol. The molecule has 0 atom stereocenters. The lowest BCUT2D eigenvalue weighted by Crippen LogP contribution is -2.51. The third-order valence-electron chi connectivity index (χ3n) is 5.89. The molecule has 0 spiro atoms. The number of anilines is 2. The molecular weight excluding hydrogens is 378 g/mol. The highest BCUT2D eigenvalue weighted by molar-refractivity contribution is 6.09. The van der Waals surface area contributed by atoms with Crippen LogP contribution in [0.3, 0.4) is 0 Å².